The molecule has 9 aromatic rings. The van der Waals surface area contributed by atoms with E-state index in [9.17, 15) is 0 Å². The minimum absolute atomic E-state index is 0.319. The van der Waals surface area contributed by atoms with Gasteiger partial charge >= 0.3 is 0 Å². The van der Waals surface area contributed by atoms with Crippen LogP contribution in [-0.2, 0) is 0 Å². The van der Waals surface area contributed by atoms with Gasteiger partial charge in [-0.3, -0.25) is 0 Å². The van der Waals surface area contributed by atoms with E-state index in [2.05, 4.69) is 144 Å². The number of hydrogen-bond donors (Lipinski definition) is 1. The normalized spacial score (nSPS) is 18.8. The fraction of sp³-hybridized carbons (Fsp3) is 0.0980. The zero-order chi connectivity index (χ0) is 37.5. The molecule has 3 atom stereocenters. The van der Waals surface area contributed by atoms with E-state index < -0.39 is 6.17 Å². The van der Waals surface area contributed by atoms with E-state index in [4.69, 9.17) is 18.8 Å². The number of aliphatic imine (C=N–C) groups is 2. The molecule has 7 aromatic carbocycles. The summed E-state index contributed by atoms with van der Waals surface area (Å²) in [6.45, 7) is 0. The van der Waals surface area contributed by atoms with E-state index >= 15 is 0 Å². The number of nitrogens with one attached hydrogen (secondary N) is 1. The van der Waals surface area contributed by atoms with Crippen molar-refractivity contribution in [1.29, 1.82) is 0 Å². The molecule has 57 heavy (non-hydrogen) atoms. The Hall–Kier alpha value is -7.18. The second-order valence-corrected chi connectivity index (χ2v) is 15.2. The number of allylic oxidation sites excluding steroid dienone is 1. The standard InChI is InChI=1S/C51H36N4O2/c1-3-13-31(14-4-1)49-52-50(32-15-5-2-6-16-32)54-51(53-49)42-22-12-21-41-40-20-11-19-35(47(40)57-48(41)42)33-25-27-38-39-28-26-34(30-46(39)56-45(38)29-33)55-43-23-9-7-17-36(43)37-18-8-10-24-44(37)55/h1-7,9-17,19-30,37,44,51H,8,18H2,(H,52,53,54). The Kier molecular flexibility index (Phi) is 7.14. The lowest BCUT2D eigenvalue weighted by molar-refractivity contribution is 0.572. The molecule has 2 aromatic heterocycles. The van der Waals surface area contributed by atoms with Crippen LogP contribution in [0.1, 0.15) is 47.2 Å². The summed E-state index contributed by atoms with van der Waals surface area (Å²) in [5.74, 6) is 1.96. The zero-order valence-electron chi connectivity index (χ0n) is 31.0. The van der Waals surface area contributed by atoms with Gasteiger partial charge in [0.1, 0.15) is 28.2 Å². The first-order valence-electron chi connectivity index (χ1n) is 19.7. The number of amidine groups is 2. The van der Waals surface area contributed by atoms with Gasteiger partial charge in [0, 0.05) is 67.2 Å². The maximum atomic E-state index is 6.93. The van der Waals surface area contributed by atoms with E-state index in [0.29, 0.717) is 17.8 Å². The Morgan fingerprint density at radius 3 is 2.16 bits per heavy atom. The van der Waals surface area contributed by atoms with Crippen LogP contribution in [0.25, 0.3) is 55.0 Å². The van der Waals surface area contributed by atoms with Gasteiger partial charge in [0.25, 0.3) is 0 Å². The van der Waals surface area contributed by atoms with Gasteiger partial charge in [-0.2, -0.15) is 0 Å². The third-order valence-electron chi connectivity index (χ3n) is 12.0. The molecule has 0 saturated heterocycles. The molecule has 3 unspecified atom stereocenters. The van der Waals surface area contributed by atoms with Crippen molar-refractivity contribution < 1.29 is 8.83 Å². The molecule has 6 nitrogen and oxygen atoms in total. The van der Waals surface area contributed by atoms with E-state index in [0.717, 1.165) is 89.6 Å². The van der Waals surface area contributed by atoms with Crippen molar-refractivity contribution in [3.63, 3.8) is 0 Å². The number of fused-ring (bicyclic) bond motifs is 9. The molecule has 1 N–H and O–H groups in total. The predicted octanol–water partition coefficient (Wildman–Crippen LogP) is 12.6. The van der Waals surface area contributed by atoms with Crippen molar-refractivity contribution in [3.05, 3.63) is 192 Å². The van der Waals surface area contributed by atoms with Crippen molar-refractivity contribution in [2.75, 3.05) is 4.90 Å². The first kappa shape index (κ1) is 32.1. The van der Waals surface area contributed by atoms with Crippen molar-refractivity contribution in [3.8, 4) is 11.1 Å². The molecule has 1 aliphatic carbocycles. The molecule has 6 heteroatoms. The first-order chi connectivity index (χ1) is 28.2. The van der Waals surface area contributed by atoms with Crippen LogP contribution in [0, 0.1) is 0 Å². The molecule has 0 bridgehead atoms. The number of furan rings is 2. The van der Waals surface area contributed by atoms with Crippen LogP contribution >= 0.6 is 0 Å². The summed E-state index contributed by atoms with van der Waals surface area (Å²) in [5.41, 5.74) is 12.2. The van der Waals surface area contributed by atoms with Crippen LogP contribution in [0.15, 0.2) is 189 Å². The van der Waals surface area contributed by atoms with Crippen LogP contribution in [0.2, 0.25) is 0 Å². The van der Waals surface area contributed by atoms with Crippen LogP contribution in [0.3, 0.4) is 0 Å². The fourth-order valence-corrected chi connectivity index (χ4v) is 9.35. The lowest BCUT2D eigenvalue weighted by Crippen LogP contribution is -2.33. The molecular formula is C51H36N4O2. The monoisotopic (exact) mass is 736 g/mol. The molecule has 272 valence electrons. The van der Waals surface area contributed by atoms with Crippen molar-refractivity contribution in [2.45, 2.75) is 31.0 Å². The second-order valence-electron chi connectivity index (χ2n) is 15.2. The van der Waals surface area contributed by atoms with Gasteiger partial charge in [0.05, 0.1) is 6.04 Å². The number of benzene rings is 7. The quantitative estimate of drug-likeness (QED) is 0.179. The maximum Gasteiger partial charge on any atom is 0.159 e. The summed E-state index contributed by atoms with van der Waals surface area (Å²) < 4.78 is 13.6. The maximum absolute atomic E-state index is 6.93. The smallest absolute Gasteiger partial charge is 0.159 e. The van der Waals surface area contributed by atoms with Crippen LogP contribution in [-0.4, -0.2) is 17.7 Å². The number of anilines is 2. The summed E-state index contributed by atoms with van der Waals surface area (Å²) in [6.07, 6.45) is 6.62. The second kappa shape index (κ2) is 12.7. The summed E-state index contributed by atoms with van der Waals surface area (Å²) >= 11 is 0. The molecule has 0 amide bonds. The number of rotatable bonds is 5. The third kappa shape index (κ3) is 5.10. The molecule has 4 heterocycles. The van der Waals surface area contributed by atoms with Crippen LogP contribution < -0.4 is 10.2 Å². The highest BCUT2D eigenvalue weighted by atomic mass is 16.3. The highest BCUT2D eigenvalue weighted by Crippen LogP contribution is 2.50. The average Bonchev–Trinajstić information content (AvgIpc) is 3.96. The Balaban J connectivity index is 0.943. The predicted molar refractivity (Wildman–Crippen MR) is 232 cm³/mol. The molecule has 0 radical (unpaired) electrons. The Morgan fingerprint density at radius 1 is 0.579 bits per heavy atom. The Morgan fingerprint density at radius 2 is 1.30 bits per heavy atom. The summed E-state index contributed by atoms with van der Waals surface area (Å²) in [6, 6.07) is 55.5. The summed E-state index contributed by atoms with van der Waals surface area (Å²) in [5, 5.41) is 7.94. The molecule has 2 aliphatic heterocycles. The molecule has 0 spiro atoms. The largest absolute Gasteiger partial charge is 0.456 e. The lowest BCUT2D eigenvalue weighted by Gasteiger charge is -2.30. The van der Waals surface area contributed by atoms with Crippen molar-refractivity contribution >= 4 is 66.9 Å². The van der Waals surface area contributed by atoms with Crippen molar-refractivity contribution in [2.24, 2.45) is 9.98 Å². The number of nitrogens with zero attached hydrogens (tertiary/aromatic N) is 3. The van der Waals surface area contributed by atoms with Gasteiger partial charge in [0.2, 0.25) is 0 Å². The van der Waals surface area contributed by atoms with Gasteiger partial charge in [-0.25, -0.2) is 9.98 Å². The number of para-hydroxylation sites is 3. The highest BCUT2D eigenvalue weighted by molar-refractivity contribution is 6.14. The van der Waals surface area contributed by atoms with Crippen LogP contribution in [0.5, 0.6) is 0 Å². The minimum atomic E-state index is -0.411. The third-order valence-corrected chi connectivity index (χ3v) is 12.0. The van der Waals surface area contributed by atoms with Crippen molar-refractivity contribution in [1.82, 2.24) is 5.32 Å². The Bertz CT molecular complexity index is 3140. The Labute approximate surface area is 329 Å². The van der Waals surface area contributed by atoms with Crippen LogP contribution in [0.4, 0.5) is 11.4 Å². The van der Waals surface area contributed by atoms with Gasteiger partial charge in [-0.05, 0) is 54.3 Å². The average molecular weight is 737 g/mol. The molecule has 3 aliphatic rings. The topological polar surface area (TPSA) is 66.3 Å². The highest BCUT2D eigenvalue weighted by Gasteiger charge is 2.38. The molecule has 12 rings (SSSR count). The molecular weight excluding hydrogens is 701 g/mol. The van der Waals surface area contributed by atoms with Gasteiger partial charge in [-0.1, -0.05) is 133 Å². The molecule has 0 saturated carbocycles. The summed E-state index contributed by atoms with van der Waals surface area (Å²) in [7, 11) is 0. The van der Waals surface area contributed by atoms with E-state index in [1.165, 1.54) is 17.7 Å². The van der Waals surface area contributed by atoms with E-state index in [-0.39, 0.29) is 0 Å². The summed E-state index contributed by atoms with van der Waals surface area (Å²) in [4.78, 5) is 12.6. The molecule has 0 fully saturated rings. The first-order valence-corrected chi connectivity index (χ1v) is 19.7. The fourth-order valence-electron chi connectivity index (χ4n) is 9.35. The van der Waals surface area contributed by atoms with E-state index in [1.807, 2.05) is 36.4 Å². The van der Waals surface area contributed by atoms with Gasteiger partial charge in [0.15, 0.2) is 12.0 Å². The number of hydrogen-bond acceptors (Lipinski definition) is 6. The van der Waals surface area contributed by atoms with E-state index in [1.54, 1.807) is 0 Å². The van der Waals surface area contributed by atoms with Gasteiger partial charge < -0.3 is 19.1 Å². The lowest BCUT2D eigenvalue weighted by atomic mass is 9.86. The zero-order valence-corrected chi connectivity index (χ0v) is 31.0. The van der Waals surface area contributed by atoms with Gasteiger partial charge in [-0.15, -0.1) is 0 Å². The SMILES string of the molecule is C1=CC2C(CC1)c1ccccc1N2c1ccc2c(c1)oc1cc(-c3cccc4c3oc3c(C5N=C(c6ccccc6)N=C(c6ccccc6)N5)cccc34)ccc12. The minimum Gasteiger partial charge on any atom is -0.456 e.